The molecule has 146 valence electrons. The van der Waals surface area contributed by atoms with Gasteiger partial charge in [0.2, 0.25) is 0 Å². The molecule has 0 fully saturated rings. The molecule has 0 atom stereocenters. The van der Waals surface area contributed by atoms with E-state index in [1.807, 2.05) is 19.1 Å². The van der Waals surface area contributed by atoms with Crippen LogP contribution in [0.2, 0.25) is 0 Å². The highest BCUT2D eigenvalue weighted by Gasteiger charge is 2.28. The summed E-state index contributed by atoms with van der Waals surface area (Å²) in [6, 6.07) is 8.36. The Hall–Kier alpha value is -2.55. The van der Waals surface area contributed by atoms with Crippen LogP contribution in [0.3, 0.4) is 0 Å². The second kappa shape index (κ2) is 7.59. The molecule has 0 aliphatic carbocycles. The topological polar surface area (TPSA) is 75.3 Å². The van der Waals surface area contributed by atoms with Gasteiger partial charge in [-0.05, 0) is 56.2 Å². The highest BCUT2D eigenvalue weighted by Crippen LogP contribution is 2.25. The number of nitrogens with one attached hydrogen (secondary N) is 2. The molecule has 0 heterocycles. The van der Waals surface area contributed by atoms with E-state index in [4.69, 9.17) is 0 Å². The number of anilines is 1. The van der Waals surface area contributed by atoms with Crippen molar-refractivity contribution >= 4 is 21.6 Å². The van der Waals surface area contributed by atoms with Crippen molar-refractivity contribution in [3.63, 3.8) is 0 Å². The van der Waals surface area contributed by atoms with Gasteiger partial charge >= 0.3 is 6.18 Å². The van der Waals surface area contributed by atoms with Crippen LogP contribution in [0.5, 0.6) is 0 Å². The van der Waals surface area contributed by atoms with Crippen molar-refractivity contribution in [3.8, 4) is 0 Å². The molecular weight excluding hydrogens is 381 g/mol. The number of hydrogen-bond donors (Lipinski definition) is 2. The minimum absolute atomic E-state index is 0.0686. The number of aryl methyl sites for hydroxylation is 3. The van der Waals surface area contributed by atoms with E-state index in [1.165, 1.54) is 12.1 Å². The third kappa shape index (κ3) is 5.46. The van der Waals surface area contributed by atoms with Gasteiger partial charge < -0.3 is 5.32 Å². The fourth-order valence-corrected chi connectivity index (χ4v) is 3.81. The van der Waals surface area contributed by atoms with E-state index >= 15 is 0 Å². The van der Waals surface area contributed by atoms with Crippen molar-refractivity contribution in [3.05, 3.63) is 58.7 Å². The van der Waals surface area contributed by atoms with Gasteiger partial charge in [0.15, 0.2) is 0 Å². The zero-order chi connectivity index (χ0) is 20.4. The van der Waals surface area contributed by atoms with E-state index in [2.05, 4.69) is 4.72 Å². The molecule has 0 aliphatic heterocycles. The van der Waals surface area contributed by atoms with E-state index < -0.39 is 28.7 Å². The maximum absolute atomic E-state index is 12.6. The Balaban J connectivity index is 2.19. The number of halogens is 3. The molecule has 0 saturated carbocycles. The van der Waals surface area contributed by atoms with Crippen LogP contribution in [0.15, 0.2) is 41.3 Å². The van der Waals surface area contributed by atoms with E-state index in [9.17, 15) is 26.4 Å². The molecule has 0 aliphatic rings. The molecule has 0 bridgehead atoms. The average molecular weight is 400 g/mol. The Morgan fingerprint density at radius 2 is 1.52 bits per heavy atom. The highest BCUT2D eigenvalue weighted by molar-refractivity contribution is 7.92. The normalized spacial score (nSPS) is 11.9. The van der Waals surface area contributed by atoms with Crippen LogP contribution >= 0.6 is 0 Å². The number of hydrogen-bond acceptors (Lipinski definition) is 3. The van der Waals surface area contributed by atoms with Gasteiger partial charge in [-0.15, -0.1) is 0 Å². The molecular formula is C18H19F3N2O3S. The van der Waals surface area contributed by atoms with Gasteiger partial charge in [-0.1, -0.05) is 17.7 Å². The maximum atomic E-state index is 12.6. The molecule has 27 heavy (non-hydrogen) atoms. The Bertz CT molecular complexity index is 930. The fraction of sp³-hybridized carbons (Fsp3) is 0.278. The summed E-state index contributed by atoms with van der Waals surface area (Å²) in [4.78, 5) is 11.6. The van der Waals surface area contributed by atoms with Gasteiger partial charge in [-0.3, -0.25) is 9.52 Å². The predicted octanol–water partition coefficient (Wildman–Crippen LogP) is 3.70. The van der Waals surface area contributed by atoms with Crippen molar-refractivity contribution in [2.45, 2.75) is 31.8 Å². The lowest BCUT2D eigenvalue weighted by Gasteiger charge is -2.14. The van der Waals surface area contributed by atoms with Crippen molar-refractivity contribution in [1.29, 1.82) is 0 Å². The van der Waals surface area contributed by atoms with Crippen LogP contribution in [-0.4, -0.2) is 27.0 Å². The van der Waals surface area contributed by atoms with E-state index in [-0.39, 0.29) is 10.5 Å². The van der Waals surface area contributed by atoms with Crippen LogP contribution in [0.25, 0.3) is 0 Å². The zero-order valence-electron chi connectivity index (χ0n) is 14.9. The van der Waals surface area contributed by atoms with Crippen LogP contribution in [0.1, 0.15) is 27.0 Å². The Morgan fingerprint density at radius 3 is 2.00 bits per heavy atom. The van der Waals surface area contributed by atoms with Gasteiger partial charge in [-0.2, -0.15) is 13.2 Å². The first-order chi connectivity index (χ1) is 12.4. The molecule has 0 aromatic heterocycles. The lowest BCUT2D eigenvalue weighted by Crippen LogP contribution is -2.33. The molecule has 5 nitrogen and oxygen atoms in total. The summed E-state index contributed by atoms with van der Waals surface area (Å²) in [5, 5.41) is 1.73. The first-order valence-electron chi connectivity index (χ1n) is 7.95. The minimum atomic E-state index is -4.52. The van der Waals surface area contributed by atoms with Gasteiger partial charge in [0, 0.05) is 5.56 Å². The number of sulfonamides is 1. The number of alkyl halides is 3. The number of amides is 1. The minimum Gasteiger partial charge on any atom is -0.343 e. The Kier molecular flexibility index (Phi) is 5.84. The Labute approximate surface area is 155 Å². The number of benzene rings is 2. The molecule has 2 aromatic rings. The summed E-state index contributed by atoms with van der Waals surface area (Å²) >= 11 is 0. The molecule has 2 N–H and O–H groups in total. The summed E-state index contributed by atoms with van der Waals surface area (Å²) in [5.41, 5.74) is 2.93. The molecule has 0 unspecified atom stereocenters. The monoisotopic (exact) mass is 400 g/mol. The zero-order valence-corrected chi connectivity index (χ0v) is 15.8. The summed E-state index contributed by atoms with van der Waals surface area (Å²) in [6.45, 7) is 4.01. The first-order valence-corrected chi connectivity index (χ1v) is 9.43. The van der Waals surface area contributed by atoms with Gasteiger partial charge in [0.05, 0.1) is 10.6 Å². The summed E-state index contributed by atoms with van der Waals surface area (Å²) in [6.07, 6.45) is -4.52. The number of rotatable bonds is 5. The average Bonchev–Trinajstić information content (AvgIpc) is 2.55. The Morgan fingerprint density at radius 1 is 1.00 bits per heavy atom. The summed E-state index contributed by atoms with van der Waals surface area (Å²) < 4.78 is 64.1. The summed E-state index contributed by atoms with van der Waals surface area (Å²) in [5.74, 6) is -0.936. The quantitative estimate of drug-likeness (QED) is 0.804. The van der Waals surface area contributed by atoms with Crippen LogP contribution < -0.4 is 10.0 Å². The van der Waals surface area contributed by atoms with Crippen molar-refractivity contribution in [2.24, 2.45) is 0 Å². The van der Waals surface area contributed by atoms with E-state index in [0.717, 1.165) is 28.8 Å². The molecule has 2 aromatic carbocycles. The fourth-order valence-electron chi connectivity index (χ4n) is 2.60. The van der Waals surface area contributed by atoms with Crippen molar-refractivity contribution in [1.82, 2.24) is 5.32 Å². The van der Waals surface area contributed by atoms with Gasteiger partial charge in [0.1, 0.15) is 6.54 Å². The number of carbonyl (C=O) groups is 1. The second-order valence-corrected chi connectivity index (χ2v) is 7.88. The van der Waals surface area contributed by atoms with Crippen LogP contribution in [-0.2, 0) is 10.0 Å². The number of carbonyl (C=O) groups excluding carboxylic acids is 1. The highest BCUT2D eigenvalue weighted by atomic mass is 32.2. The van der Waals surface area contributed by atoms with Crippen molar-refractivity contribution < 1.29 is 26.4 Å². The molecule has 0 radical (unpaired) electrons. The smallest absolute Gasteiger partial charge is 0.343 e. The van der Waals surface area contributed by atoms with Crippen molar-refractivity contribution in [2.75, 3.05) is 11.3 Å². The predicted molar refractivity (Wildman–Crippen MR) is 96.3 cm³/mol. The molecule has 2 rings (SSSR count). The molecule has 0 saturated heterocycles. The second-order valence-electron chi connectivity index (χ2n) is 6.20. The SMILES string of the molecule is Cc1cc(C)c(NS(=O)(=O)c2ccc(C(=O)NCC(F)(F)F)cc2)c(C)c1. The van der Waals surface area contributed by atoms with E-state index in [1.54, 1.807) is 19.2 Å². The summed E-state index contributed by atoms with van der Waals surface area (Å²) in [7, 11) is -3.91. The van der Waals surface area contributed by atoms with Gasteiger partial charge in [0.25, 0.3) is 15.9 Å². The maximum Gasteiger partial charge on any atom is 0.405 e. The standard InChI is InChI=1S/C18H19F3N2O3S/c1-11-8-12(2)16(13(3)9-11)23-27(25,26)15-6-4-14(5-7-15)17(24)22-10-18(19,20)21/h4-9,23H,10H2,1-3H3,(H,22,24). The van der Waals surface area contributed by atoms with E-state index in [0.29, 0.717) is 5.69 Å². The first kappa shape index (κ1) is 20.8. The third-order valence-corrected chi connectivity index (χ3v) is 5.16. The van der Waals surface area contributed by atoms with Crippen LogP contribution in [0.4, 0.5) is 18.9 Å². The lowest BCUT2D eigenvalue weighted by molar-refractivity contribution is -0.123. The molecule has 9 heteroatoms. The molecule has 1 amide bonds. The van der Waals surface area contributed by atoms with Crippen LogP contribution in [0, 0.1) is 20.8 Å². The molecule has 0 spiro atoms. The third-order valence-electron chi connectivity index (χ3n) is 3.79. The largest absolute Gasteiger partial charge is 0.405 e. The van der Waals surface area contributed by atoms with Gasteiger partial charge in [-0.25, -0.2) is 8.42 Å². The lowest BCUT2D eigenvalue weighted by atomic mass is 10.1.